The Kier molecular flexibility index (Phi) is 5.16. The first kappa shape index (κ1) is 19.4. The number of hydrogen-bond donors (Lipinski definition) is 0. The third-order valence-electron chi connectivity index (χ3n) is 5.55. The van der Waals surface area contributed by atoms with Crippen molar-refractivity contribution in [3.8, 4) is 0 Å². The van der Waals surface area contributed by atoms with Crippen LogP contribution in [0.15, 0.2) is 47.4 Å². The van der Waals surface area contributed by atoms with Crippen molar-refractivity contribution in [3.63, 3.8) is 0 Å². The Hall–Kier alpha value is -1.96. The fourth-order valence-electron chi connectivity index (χ4n) is 4.31. The molecule has 0 saturated carbocycles. The molecule has 0 radical (unpaired) electrons. The van der Waals surface area contributed by atoms with Crippen LogP contribution in [0.2, 0.25) is 0 Å². The average Bonchev–Trinajstić information content (AvgIpc) is 3.17. The molecule has 2 aliphatic rings. The van der Waals surface area contributed by atoms with Crippen LogP contribution in [-0.2, 0) is 19.6 Å². The van der Waals surface area contributed by atoms with Gasteiger partial charge < -0.3 is 9.64 Å². The second-order valence-corrected chi connectivity index (χ2v) is 9.67. The lowest BCUT2D eigenvalue weighted by molar-refractivity contribution is -0.146. The number of ether oxygens (including phenoxy) is 1. The Morgan fingerprint density at radius 1 is 1.04 bits per heavy atom. The molecule has 2 aromatic carbocycles. The number of rotatable bonds is 3. The summed E-state index contributed by atoms with van der Waals surface area (Å²) in [5.74, 6) is -0.108. The molecule has 7 heteroatoms. The number of fused-ring (bicyclic) bond motifs is 1. The minimum absolute atomic E-state index is 0.0420. The van der Waals surface area contributed by atoms with E-state index >= 15 is 0 Å². The standard InChI is InChI=1S/C21H26N2O4S/c1-15-13-22(14-16(2)27-15)21(24)20-8-5-11-23(20)28(25,26)19-10-9-17-6-3-4-7-18(17)12-19/h3-4,6-7,9-10,12,15-16,20H,5,8,11,13-14H2,1-2H3/t15-,16+,20-/m0/s1. The van der Waals surface area contributed by atoms with Crippen LogP contribution in [0.25, 0.3) is 10.8 Å². The fourth-order valence-corrected chi connectivity index (χ4v) is 5.99. The third-order valence-corrected chi connectivity index (χ3v) is 7.45. The number of hydrogen-bond acceptors (Lipinski definition) is 4. The molecular formula is C21H26N2O4S. The molecule has 0 spiro atoms. The third kappa shape index (κ3) is 3.54. The van der Waals surface area contributed by atoms with E-state index in [2.05, 4.69) is 0 Å². The highest BCUT2D eigenvalue weighted by Gasteiger charge is 2.42. The number of nitrogens with zero attached hydrogens (tertiary/aromatic N) is 2. The first-order valence-corrected chi connectivity index (χ1v) is 11.2. The molecule has 0 bridgehead atoms. The van der Waals surface area contributed by atoms with E-state index in [0.717, 1.165) is 10.8 Å². The minimum atomic E-state index is -3.74. The summed E-state index contributed by atoms with van der Waals surface area (Å²) in [5, 5.41) is 1.87. The van der Waals surface area contributed by atoms with Gasteiger partial charge in [-0.15, -0.1) is 0 Å². The van der Waals surface area contributed by atoms with Gasteiger partial charge in [0.2, 0.25) is 15.9 Å². The summed E-state index contributed by atoms with van der Waals surface area (Å²) in [5.41, 5.74) is 0. The van der Waals surface area contributed by atoms with E-state index in [-0.39, 0.29) is 23.0 Å². The Morgan fingerprint density at radius 2 is 1.71 bits per heavy atom. The largest absolute Gasteiger partial charge is 0.372 e. The maximum atomic E-state index is 13.3. The molecule has 6 nitrogen and oxygen atoms in total. The molecule has 2 aromatic rings. The Morgan fingerprint density at radius 3 is 2.43 bits per heavy atom. The molecular weight excluding hydrogens is 376 g/mol. The Labute approximate surface area is 166 Å². The molecule has 3 atom stereocenters. The smallest absolute Gasteiger partial charge is 0.243 e. The molecule has 1 amide bonds. The lowest BCUT2D eigenvalue weighted by Crippen LogP contribution is -2.54. The number of morpholine rings is 1. The summed E-state index contributed by atoms with van der Waals surface area (Å²) in [4.78, 5) is 15.2. The number of amides is 1. The maximum Gasteiger partial charge on any atom is 0.243 e. The normalized spacial score (nSPS) is 26.6. The quantitative estimate of drug-likeness (QED) is 0.792. The first-order valence-electron chi connectivity index (χ1n) is 9.81. The molecule has 2 heterocycles. The number of sulfonamides is 1. The van der Waals surface area contributed by atoms with Gasteiger partial charge in [0.05, 0.1) is 17.1 Å². The molecule has 2 aliphatic heterocycles. The zero-order valence-corrected chi connectivity index (χ0v) is 17.1. The molecule has 2 saturated heterocycles. The molecule has 0 N–H and O–H groups in total. The van der Waals surface area contributed by atoms with E-state index in [0.29, 0.717) is 32.5 Å². The number of benzene rings is 2. The summed E-state index contributed by atoms with van der Waals surface area (Å²) in [6, 6.07) is 12.2. The summed E-state index contributed by atoms with van der Waals surface area (Å²) >= 11 is 0. The molecule has 0 aliphatic carbocycles. The van der Waals surface area contributed by atoms with Gasteiger partial charge in [0.1, 0.15) is 6.04 Å². The molecule has 4 rings (SSSR count). The van der Waals surface area contributed by atoms with Gasteiger partial charge in [-0.3, -0.25) is 4.79 Å². The molecule has 0 aromatic heterocycles. The van der Waals surface area contributed by atoms with Crippen LogP contribution in [0, 0.1) is 0 Å². The van der Waals surface area contributed by atoms with Crippen LogP contribution in [0.5, 0.6) is 0 Å². The van der Waals surface area contributed by atoms with E-state index in [1.54, 1.807) is 17.0 Å². The average molecular weight is 403 g/mol. The fraction of sp³-hybridized carbons (Fsp3) is 0.476. The van der Waals surface area contributed by atoms with Gasteiger partial charge >= 0.3 is 0 Å². The topological polar surface area (TPSA) is 66.9 Å². The predicted molar refractivity (Wildman–Crippen MR) is 107 cm³/mol. The second-order valence-electron chi connectivity index (χ2n) is 7.78. The van der Waals surface area contributed by atoms with E-state index in [1.165, 1.54) is 4.31 Å². The highest BCUT2D eigenvalue weighted by molar-refractivity contribution is 7.89. The van der Waals surface area contributed by atoms with Crippen molar-refractivity contribution in [3.05, 3.63) is 42.5 Å². The molecule has 150 valence electrons. The van der Waals surface area contributed by atoms with Crippen molar-refractivity contribution in [2.45, 2.75) is 49.8 Å². The second kappa shape index (κ2) is 7.46. The van der Waals surface area contributed by atoms with Crippen molar-refractivity contribution in [2.24, 2.45) is 0 Å². The number of carbonyl (C=O) groups is 1. The molecule has 28 heavy (non-hydrogen) atoms. The minimum Gasteiger partial charge on any atom is -0.372 e. The van der Waals surface area contributed by atoms with Crippen LogP contribution >= 0.6 is 0 Å². The van der Waals surface area contributed by atoms with Crippen LogP contribution < -0.4 is 0 Å². The summed E-state index contributed by atoms with van der Waals surface area (Å²) in [6.45, 7) is 5.26. The zero-order chi connectivity index (χ0) is 19.9. The first-order chi connectivity index (χ1) is 13.4. The van der Waals surface area contributed by atoms with Gasteiger partial charge in [-0.05, 0) is 49.6 Å². The van der Waals surface area contributed by atoms with Gasteiger partial charge in [0.15, 0.2) is 0 Å². The van der Waals surface area contributed by atoms with E-state index < -0.39 is 16.1 Å². The van der Waals surface area contributed by atoms with Crippen molar-refractivity contribution in [1.29, 1.82) is 0 Å². The van der Waals surface area contributed by atoms with Crippen molar-refractivity contribution in [2.75, 3.05) is 19.6 Å². The Bertz CT molecular complexity index is 981. The zero-order valence-electron chi connectivity index (χ0n) is 16.2. The van der Waals surface area contributed by atoms with Gasteiger partial charge in [-0.25, -0.2) is 8.42 Å². The van der Waals surface area contributed by atoms with Crippen molar-refractivity contribution in [1.82, 2.24) is 9.21 Å². The Balaban J connectivity index is 1.61. The van der Waals surface area contributed by atoms with Crippen molar-refractivity contribution >= 4 is 26.7 Å². The van der Waals surface area contributed by atoms with Crippen molar-refractivity contribution < 1.29 is 17.9 Å². The maximum absolute atomic E-state index is 13.3. The highest BCUT2D eigenvalue weighted by atomic mass is 32.2. The molecule has 0 unspecified atom stereocenters. The van der Waals surface area contributed by atoms with Crippen LogP contribution in [0.4, 0.5) is 0 Å². The van der Waals surface area contributed by atoms with Gasteiger partial charge in [-0.1, -0.05) is 30.3 Å². The molecule has 2 fully saturated rings. The predicted octanol–water partition coefficient (Wildman–Crippen LogP) is 2.63. The van der Waals surface area contributed by atoms with Crippen LogP contribution in [0.1, 0.15) is 26.7 Å². The van der Waals surface area contributed by atoms with Gasteiger partial charge in [-0.2, -0.15) is 4.31 Å². The highest BCUT2D eigenvalue weighted by Crippen LogP contribution is 2.29. The van der Waals surface area contributed by atoms with E-state index in [4.69, 9.17) is 4.74 Å². The summed E-state index contributed by atoms with van der Waals surface area (Å²) < 4.78 is 33.8. The summed E-state index contributed by atoms with van der Waals surface area (Å²) in [7, 11) is -3.74. The van der Waals surface area contributed by atoms with Gasteiger partial charge in [0, 0.05) is 19.6 Å². The lowest BCUT2D eigenvalue weighted by Gasteiger charge is -2.37. The monoisotopic (exact) mass is 402 g/mol. The SMILES string of the molecule is C[C@@H]1CN(C(=O)[C@@H]2CCCN2S(=O)(=O)c2ccc3ccccc3c2)C[C@H](C)O1. The van der Waals surface area contributed by atoms with Crippen LogP contribution in [0.3, 0.4) is 0 Å². The van der Waals surface area contributed by atoms with Gasteiger partial charge in [0.25, 0.3) is 0 Å². The lowest BCUT2D eigenvalue weighted by atomic mass is 10.1. The summed E-state index contributed by atoms with van der Waals surface area (Å²) in [6.07, 6.45) is 1.17. The number of carbonyl (C=O) groups excluding carboxylic acids is 1. The van der Waals surface area contributed by atoms with E-state index in [1.807, 2.05) is 44.2 Å². The van der Waals surface area contributed by atoms with Crippen LogP contribution in [-0.4, -0.2) is 61.4 Å². The van der Waals surface area contributed by atoms with E-state index in [9.17, 15) is 13.2 Å².